The Labute approximate surface area is 124 Å². The highest BCUT2D eigenvalue weighted by molar-refractivity contribution is 5.90. The van der Waals surface area contributed by atoms with Crippen LogP contribution in [0.1, 0.15) is 11.1 Å². The molecule has 0 amide bonds. The zero-order valence-corrected chi connectivity index (χ0v) is 12.0. The van der Waals surface area contributed by atoms with Gasteiger partial charge in [0, 0.05) is 17.6 Å². The number of rotatable bonds is 4. The molecule has 0 unspecified atom stereocenters. The summed E-state index contributed by atoms with van der Waals surface area (Å²) in [7, 11) is 0. The lowest BCUT2D eigenvalue weighted by molar-refractivity contribution is 1.00. The first-order valence-electron chi connectivity index (χ1n) is 7.02. The van der Waals surface area contributed by atoms with Crippen molar-refractivity contribution in [3.8, 4) is 0 Å². The van der Waals surface area contributed by atoms with Crippen LogP contribution in [-0.4, -0.2) is 16.5 Å². The highest BCUT2D eigenvalue weighted by atomic mass is 15.0. The number of nitrogens with zero attached hydrogens (tertiary/aromatic N) is 2. The van der Waals surface area contributed by atoms with Gasteiger partial charge in [-0.05, 0) is 37.1 Å². The second-order valence-electron chi connectivity index (χ2n) is 5.16. The number of nitrogens with two attached hydrogens (primary N) is 1. The van der Waals surface area contributed by atoms with Gasteiger partial charge in [0.25, 0.3) is 0 Å². The van der Waals surface area contributed by atoms with Gasteiger partial charge in [-0.3, -0.25) is 0 Å². The molecule has 0 saturated heterocycles. The third kappa shape index (κ3) is 3.11. The van der Waals surface area contributed by atoms with E-state index in [1.807, 2.05) is 18.2 Å². The first-order chi connectivity index (χ1) is 10.2. The molecule has 3 rings (SSSR count). The predicted octanol–water partition coefficient (Wildman–Crippen LogP) is 3.18. The van der Waals surface area contributed by atoms with E-state index in [4.69, 9.17) is 5.73 Å². The van der Waals surface area contributed by atoms with Crippen molar-refractivity contribution < 1.29 is 0 Å². The number of hydrogen-bond acceptors (Lipinski definition) is 4. The maximum atomic E-state index is 5.78. The average molecular weight is 278 g/mol. The maximum Gasteiger partial charge on any atom is 0.137 e. The number of nitrogen functional groups attached to an aromatic ring is 1. The van der Waals surface area contributed by atoms with Crippen LogP contribution >= 0.6 is 0 Å². The lowest BCUT2D eigenvalue weighted by Crippen LogP contribution is -2.07. The zero-order chi connectivity index (χ0) is 14.7. The van der Waals surface area contributed by atoms with Crippen molar-refractivity contribution in [3.05, 3.63) is 59.9 Å². The lowest BCUT2D eigenvalue weighted by atomic mass is 10.1. The summed E-state index contributed by atoms with van der Waals surface area (Å²) >= 11 is 0. The molecule has 3 aromatic rings. The molecule has 0 fully saturated rings. The van der Waals surface area contributed by atoms with E-state index in [0.717, 1.165) is 29.7 Å². The van der Waals surface area contributed by atoms with Gasteiger partial charge in [0.15, 0.2) is 0 Å². The largest absolute Gasteiger partial charge is 0.399 e. The minimum atomic E-state index is 0.715. The van der Waals surface area contributed by atoms with Crippen LogP contribution in [0.15, 0.2) is 48.8 Å². The van der Waals surface area contributed by atoms with Gasteiger partial charge < -0.3 is 11.1 Å². The Balaban J connectivity index is 1.73. The van der Waals surface area contributed by atoms with Gasteiger partial charge in [-0.15, -0.1) is 0 Å². The van der Waals surface area contributed by atoms with Gasteiger partial charge in [0.1, 0.15) is 12.1 Å². The predicted molar refractivity (Wildman–Crippen MR) is 87.3 cm³/mol. The Hall–Kier alpha value is -2.62. The molecule has 0 aliphatic heterocycles. The number of benzene rings is 2. The SMILES string of the molecule is Cc1cccc(CCNc2ncnc3cc(N)ccc23)c1. The van der Waals surface area contributed by atoms with Crippen molar-refractivity contribution >= 4 is 22.4 Å². The third-order valence-electron chi connectivity index (χ3n) is 3.45. The Morgan fingerprint density at radius 2 is 2.00 bits per heavy atom. The van der Waals surface area contributed by atoms with Crippen molar-refractivity contribution in [1.29, 1.82) is 0 Å². The minimum Gasteiger partial charge on any atom is -0.399 e. The van der Waals surface area contributed by atoms with E-state index in [1.165, 1.54) is 11.1 Å². The molecule has 4 heteroatoms. The van der Waals surface area contributed by atoms with E-state index in [2.05, 4.69) is 46.5 Å². The molecule has 3 N–H and O–H groups in total. The van der Waals surface area contributed by atoms with Crippen molar-refractivity contribution in [1.82, 2.24) is 9.97 Å². The van der Waals surface area contributed by atoms with Crippen LogP contribution in [0.25, 0.3) is 10.9 Å². The average Bonchev–Trinajstić information content (AvgIpc) is 2.47. The normalized spacial score (nSPS) is 10.7. The molecule has 4 nitrogen and oxygen atoms in total. The van der Waals surface area contributed by atoms with Crippen LogP contribution < -0.4 is 11.1 Å². The fourth-order valence-corrected chi connectivity index (χ4v) is 2.41. The molecule has 0 aliphatic carbocycles. The summed E-state index contributed by atoms with van der Waals surface area (Å²) in [4.78, 5) is 8.57. The molecule has 0 saturated carbocycles. The van der Waals surface area contributed by atoms with Crippen LogP contribution in [0.4, 0.5) is 11.5 Å². The van der Waals surface area contributed by atoms with Crippen LogP contribution in [0.5, 0.6) is 0 Å². The van der Waals surface area contributed by atoms with Gasteiger partial charge in [-0.1, -0.05) is 29.8 Å². The molecular weight excluding hydrogens is 260 g/mol. The molecule has 0 bridgehead atoms. The van der Waals surface area contributed by atoms with Gasteiger partial charge in [0.2, 0.25) is 0 Å². The van der Waals surface area contributed by atoms with Gasteiger partial charge in [-0.2, -0.15) is 0 Å². The smallest absolute Gasteiger partial charge is 0.137 e. The van der Waals surface area contributed by atoms with E-state index in [-0.39, 0.29) is 0 Å². The summed E-state index contributed by atoms with van der Waals surface area (Å²) in [5.74, 6) is 0.854. The molecule has 0 radical (unpaired) electrons. The number of aryl methyl sites for hydroxylation is 1. The Morgan fingerprint density at radius 1 is 1.10 bits per heavy atom. The quantitative estimate of drug-likeness (QED) is 0.719. The van der Waals surface area contributed by atoms with Gasteiger partial charge in [-0.25, -0.2) is 9.97 Å². The maximum absolute atomic E-state index is 5.78. The number of hydrogen-bond donors (Lipinski definition) is 2. The molecule has 106 valence electrons. The highest BCUT2D eigenvalue weighted by Gasteiger charge is 2.03. The molecular formula is C17H18N4. The van der Waals surface area contributed by atoms with Gasteiger partial charge >= 0.3 is 0 Å². The number of aromatic nitrogens is 2. The lowest BCUT2D eigenvalue weighted by Gasteiger charge is -2.09. The summed E-state index contributed by atoms with van der Waals surface area (Å²) < 4.78 is 0. The molecule has 0 atom stereocenters. The highest BCUT2D eigenvalue weighted by Crippen LogP contribution is 2.21. The summed E-state index contributed by atoms with van der Waals surface area (Å²) in [6, 6.07) is 14.3. The van der Waals surface area contributed by atoms with E-state index < -0.39 is 0 Å². The van der Waals surface area contributed by atoms with E-state index in [0.29, 0.717) is 5.69 Å². The minimum absolute atomic E-state index is 0.715. The summed E-state index contributed by atoms with van der Waals surface area (Å²) in [5.41, 5.74) is 9.97. The fraction of sp³-hybridized carbons (Fsp3) is 0.176. The van der Waals surface area contributed by atoms with Crippen molar-refractivity contribution in [3.63, 3.8) is 0 Å². The van der Waals surface area contributed by atoms with Crippen LogP contribution in [-0.2, 0) is 6.42 Å². The summed E-state index contributed by atoms with van der Waals surface area (Å²) in [6.45, 7) is 2.94. The number of anilines is 2. The fourth-order valence-electron chi connectivity index (χ4n) is 2.41. The molecule has 0 aliphatic rings. The monoisotopic (exact) mass is 278 g/mol. The number of fused-ring (bicyclic) bond motifs is 1. The first kappa shape index (κ1) is 13.4. The van der Waals surface area contributed by atoms with Crippen molar-refractivity contribution in [2.45, 2.75) is 13.3 Å². The number of nitrogens with one attached hydrogen (secondary N) is 1. The van der Waals surface area contributed by atoms with Gasteiger partial charge in [0.05, 0.1) is 5.52 Å². The summed E-state index contributed by atoms with van der Waals surface area (Å²) in [6.07, 6.45) is 2.53. The second kappa shape index (κ2) is 5.79. The van der Waals surface area contributed by atoms with E-state index >= 15 is 0 Å². The second-order valence-corrected chi connectivity index (χ2v) is 5.16. The molecule has 2 aromatic carbocycles. The van der Waals surface area contributed by atoms with E-state index in [1.54, 1.807) is 6.33 Å². The van der Waals surface area contributed by atoms with E-state index in [9.17, 15) is 0 Å². The van der Waals surface area contributed by atoms with Crippen molar-refractivity contribution in [2.24, 2.45) is 0 Å². The zero-order valence-electron chi connectivity index (χ0n) is 12.0. The molecule has 1 heterocycles. The third-order valence-corrected chi connectivity index (χ3v) is 3.45. The Morgan fingerprint density at radius 3 is 2.86 bits per heavy atom. The molecule has 0 spiro atoms. The van der Waals surface area contributed by atoms with Crippen LogP contribution in [0.2, 0.25) is 0 Å². The van der Waals surface area contributed by atoms with Crippen LogP contribution in [0, 0.1) is 6.92 Å². The topological polar surface area (TPSA) is 63.8 Å². The Kier molecular flexibility index (Phi) is 3.69. The van der Waals surface area contributed by atoms with Crippen LogP contribution in [0.3, 0.4) is 0 Å². The first-order valence-corrected chi connectivity index (χ1v) is 7.02. The van der Waals surface area contributed by atoms with Crippen molar-refractivity contribution in [2.75, 3.05) is 17.6 Å². The molecule has 1 aromatic heterocycles. The summed E-state index contributed by atoms with van der Waals surface area (Å²) in [5, 5.41) is 4.38. The standard InChI is InChI=1S/C17H18N4/c1-12-3-2-4-13(9-12)7-8-19-17-15-6-5-14(18)10-16(15)20-11-21-17/h2-6,9-11H,7-8,18H2,1H3,(H,19,20,21). The molecule has 21 heavy (non-hydrogen) atoms. The Bertz CT molecular complexity index is 768.